The Labute approximate surface area is 112 Å². The van der Waals surface area contributed by atoms with E-state index in [9.17, 15) is 9.90 Å². The normalized spacial score (nSPS) is 11.9. The summed E-state index contributed by atoms with van der Waals surface area (Å²) in [6.45, 7) is 3.35. The summed E-state index contributed by atoms with van der Waals surface area (Å²) in [6.07, 6.45) is -0.122. The van der Waals surface area contributed by atoms with Gasteiger partial charge in [0, 0.05) is 6.07 Å². The minimum Gasteiger partial charge on any atom is -0.507 e. The third kappa shape index (κ3) is 3.13. The van der Waals surface area contributed by atoms with Gasteiger partial charge in [-0.1, -0.05) is 30.3 Å². The maximum atomic E-state index is 11.2. The highest BCUT2D eigenvalue weighted by Crippen LogP contribution is 2.27. The molecule has 1 unspecified atom stereocenters. The molecule has 19 heavy (non-hydrogen) atoms. The summed E-state index contributed by atoms with van der Waals surface area (Å²) in [7, 11) is 0. The van der Waals surface area contributed by atoms with Crippen LogP contribution in [-0.4, -0.2) is 10.9 Å². The molecule has 0 heterocycles. The van der Waals surface area contributed by atoms with Gasteiger partial charge in [0.05, 0.1) is 5.56 Å². The molecule has 0 aromatic heterocycles. The number of phenols is 1. The fourth-order valence-corrected chi connectivity index (χ4v) is 1.88. The predicted molar refractivity (Wildman–Crippen MR) is 73.6 cm³/mol. The van der Waals surface area contributed by atoms with Crippen molar-refractivity contribution in [1.82, 2.24) is 0 Å². The Balaban J connectivity index is 2.16. The van der Waals surface area contributed by atoms with Gasteiger partial charge in [0.2, 0.25) is 0 Å². The molecular weight excluding hydrogens is 240 g/mol. The Kier molecular flexibility index (Phi) is 3.85. The average molecular weight is 256 g/mol. The number of Topliss-reactive ketones (excluding diaryl/α,β-unsaturated/α-hetero) is 1. The largest absolute Gasteiger partial charge is 0.507 e. The lowest BCUT2D eigenvalue weighted by atomic mass is 10.1. The van der Waals surface area contributed by atoms with Gasteiger partial charge in [0.25, 0.3) is 0 Å². The molecule has 0 bridgehead atoms. The van der Waals surface area contributed by atoms with Crippen LogP contribution >= 0.6 is 0 Å². The summed E-state index contributed by atoms with van der Waals surface area (Å²) in [5.74, 6) is 0.323. The molecule has 0 aliphatic heterocycles. The van der Waals surface area contributed by atoms with E-state index in [0.717, 1.165) is 5.56 Å². The van der Waals surface area contributed by atoms with Crippen LogP contribution in [0.5, 0.6) is 11.5 Å². The topological polar surface area (TPSA) is 46.5 Å². The monoisotopic (exact) mass is 256 g/mol. The molecule has 0 saturated heterocycles. The molecule has 0 spiro atoms. The number of aromatic hydroxyl groups is 1. The number of carbonyl (C=O) groups is 1. The van der Waals surface area contributed by atoms with Crippen LogP contribution in [0.15, 0.2) is 48.5 Å². The molecule has 3 heteroatoms. The molecule has 0 radical (unpaired) electrons. The molecule has 1 atom stereocenters. The van der Waals surface area contributed by atoms with Gasteiger partial charge in [-0.25, -0.2) is 0 Å². The molecule has 2 rings (SSSR count). The third-order valence-electron chi connectivity index (χ3n) is 2.93. The van der Waals surface area contributed by atoms with Crippen molar-refractivity contribution in [2.75, 3.05) is 0 Å². The highest BCUT2D eigenvalue weighted by Gasteiger charge is 2.10. The van der Waals surface area contributed by atoms with Gasteiger partial charge < -0.3 is 9.84 Å². The number of rotatable bonds is 4. The molecule has 2 aromatic rings. The number of ketones is 1. The number of phenolic OH excluding ortho intramolecular Hbond substituents is 1. The Morgan fingerprint density at radius 1 is 1.16 bits per heavy atom. The van der Waals surface area contributed by atoms with Crippen molar-refractivity contribution in [2.24, 2.45) is 0 Å². The van der Waals surface area contributed by atoms with Crippen molar-refractivity contribution >= 4 is 5.78 Å². The zero-order valence-corrected chi connectivity index (χ0v) is 11.0. The SMILES string of the molecule is CC(=O)c1ccc(OC(C)c2ccccc2)cc1O. The van der Waals surface area contributed by atoms with Gasteiger partial charge in [-0.2, -0.15) is 0 Å². The zero-order valence-electron chi connectivity index (χ0n) is 11.0. The molecule has 1 N–H and O–H groups in total. The van der Waals surface area contributed by atoms with Crippen LogP contribution in [0.3, 0.4) is 0 Å². The maximum absolute atomic E-state index is 11.2. The standard InChI is InChI=1S/C16H16O3/c1-11(17)15-9-8-14(10-16(15)18)19-12(2)13-6-4-3-5-7-13/h3-10,12,18H,1-2H3. The number of ether oxygens (including phenoxy) is 1. The van der Waals surface area contributed by atoms with E-state index in [4.69, 9.17) is 4.74 Å². The Morgan fingerprint density at radius 3 is 2.42 bits per heavy atom. The molecule has 98 valence electrons. The second-order valence-corrected chi connectivity index (χ2v) is 4.41. The summed E-state index contributed by atoms with van der Waals surface area (Å²) >= 11 is 0. The molecular formula is C16H16O3. The first-order valence-corrected chi connectivity index (χ1v) is 6.13. The molecule has 3 nitrogen and oxygen atoms in total. The smallest absolute Gasteiger partial charge is 0.163 e. The lowest BCUT2D eigenvalue weighted by Crippen LogP contribution is -2.03. The van der Waals surface area contributed by atoms with Gasteiger partial charge >= 0.3 is 0 Å². The molecule has 0 aliphatic carbocycles. The third-order valence-corrected chi connectivity index (χ3v) is 2.93. The molecule has 2 aromatic carbocycles. The summed E-state index contributed by atoms with van der Waals surface area (Å²) < 4.78 is 5.74. The van der Waals surface area contributed by atoms with E-state index in [0.29, 0.717) is 11.3 Å². The minimum atomic E-state index is -0.167. The van der Waals surface area contributed by atoms with Crippen molar-refractivity contribution in [3.8, 4) is 11.5 Å². The van der Waals surface area contributed by atoms with Crippen LogP contribution in [0.1, 0.15) is 35.9 Å². The first kappa shape index (κ1) is 13.1. The molecule has 0 amide bonds. The van der Waals surface area contributed by atoms with Crippen LogP contribution in [0.25, 0.3) is 0 Å². The van der Waals surface area contributed by atoms with E-state index in [1.165, 1.54) is 13.0 Å². The number of carbonyl (C=O) groups excluding carboxylic acids is 1. The first-order valence-electron chi connectivity index (χ1n) is 6.13. The van der Waals surface area contributed by atoms with E-state index >= 15 is 0 Å². The van der Waals surface area contributed by atoms with Crippen LogP contribution in [0, 0.1) is 0 Å². The van der Waals surface area contributed by atoms with Crippen molar-refractivity contribution in [3.05, 3.63) is 59.7 Å². The Bertz CT molecular complexity index is 576. The van der Waals surface area contributed by atoms with E-state index in [-0.39, 0.29) is 17.6 Å². The van der Waals surface area contributed by atoms with E-state index in [1.807, 2.05) is 37.3 Å². The molecule has 0 saturated carbocycles. The van der Waals surface area contributed by atoms with Crippen molar-refractivity contribution < 1.29 is 14.6 Å². The predicted octanol–water partition coefficient (Wildman–Crippen LogP) is 3.73. The number of hydrogen-bond donors (Lipinski definition) is 1. The van der Waals surface area contributed by atoms with Crippen LogP contribution in [-0.2, 0) is 0 Å². The van der Waals surface area contributed by atoms with Gasteiger partial charge in [-0.15, -0.1) is 0 Å². The van der Waals surface area contributed by atoms with Crippen molar-refractivity contribution in [3.63, 3.8) is 0 Å². The van der Waals surface area contributed by atoms with Crippen LogP contribution in [0.4, 0.5) is 0 Å². The quantitative estimate of drug-likeness (QED) is 0.848. The number of benzene rings is 2. The van der Waals surface area contributed by atoms with E-state index in [1.54, 1.807) is 12.1 Å². The Morgan fingerprint density at radius 2 is 1.84 bits per heavy atom. The van der Waals surface area contributed by atoms with Crippen molar-refractivity contribution in [1.29, 1.82) is 0 Å². The van der Waals surface area contributed by atoms with Gasteiger partial charge in [0.15, 0.2) is 5.78 Å². The summed E-state index contributed by atoms with van der Waals surface area (Å²) in [6, 6.07) is 14.5. The van der Waals surface area contributed by atoms with Crippen LogP contribution in [0.2, 0.25) is 0 Å². The highest BCUT2D eigenvalue weighted by molar-refractivity contribution is 5.96. The Hall–Kier alpha value is -2.29. The second-order valence-electron chi connectivity index (χ2n) is 4.41. The van der Waals surface area contributed by atoms with Gasteiger partial charge in [0.1, 0.15) is 17.6 Å². The lowest BCUT2D eigenvalue weighted by molar-refractivity contribution is 0.101. The highest BCUT2D eigenvalue weighted by atomic mass is 16.5. The maximum Gasteiger partial charge on any atom is 0.163 e. The number of hydrogen-bond acceptors (Lipinski definition) is 3. The summed E-state index contributed by atoms with van der Waals surface area (Å²) in [4.78, 5) is 11.2. The van der Waals surface area contributed by atoms with Crippen molar-refractivity contribution in [2.45, 2.75) is 20.0 Å². The second kappa shape index (κ2) is 5.57. The van der Waals surface area contributed by atoms with Gasteiger partial charge in [-0.05, 0) is 31.5 Å². The fourth-order valence-electron chi connectivity index (χ4n) is 1.88. The lowest BCUT2D eigenvalue weighted by Gasteiger charge is -2.15. The van der Waals surface area contributed by atoms with E-state index in [2.05, 4.69) is 0 Å². The first-order chi connectivity index (χ1) is 9.08. The summed E-state index contributed by atoms with van der Waals surface area (Å²) in [5.41, 5.74) is 1.36. The molecule has 0 aliphatic rings. The fraction of sp³-hybridized carbons (Fsp3) is 0.188. The van der Waals surface area contributed by atoms with Crippen LogP contribution < -0.4 is 4.74 Å². The molecule has 0 fully saturated rings. The van der Waals surface area contributed by atoms with Gasteiger partial charge in [-0.3, -0.25) is 4.79 Å². The van der Waals surface area contributed by atoms with E-state index < -0.39 is 0 Å². The summed E-state index contributed by atoms with van der Waals surface area (Å²) in [5, 5.41) is 9.74. The zero-order chi connectivity index (χ0) is 13.8. The average Bonchev–Trinajstić information content (AvgIpc) is 2.39. The minimum absolute atomic E-state index is 0.0507.